The molecule has 0 amide bonds. The Bertz CT molecular complexity index is 583. The van der Waals surface area contributed by atoms with Crippen molar-refractivity contribution >= 4 is 17.3 Å². The summed E-state index contributed by atoms with van der Waals surface area (Å²) in [6.45, 7) is 0. The highest BCUT2D eigenvalue weighted by molar-refractivity contribution is 5.67. The van der Waals surface area contributed by atoms with E-state index in [1.807, 2.05) is 30.3 Å². The number of carbonyl (C=O) groups is 1. The van der Waals surface area contributed by atoms with E-state index in [9.17, 15) is 15.0 Å². The molecule has 110 valence electrons. The SMILES string of the molecule is O=C(O)CC(O)C(O)c1ccc(Nc2ccccc2)cc1. The molecular weight excluding hydrogens is 270 g/mol. The molecule has 0 aromatic heterocycles. The molecule has 0 fully saturated rings. The summed E-state index contributed by atoms with van der Waals surface area (Å²) < 4.78 is 0. The van der Waals surface area contributed by atoms with Crippen molar-refractivity contribution in [1.82, 2.24) is 0 Å². The quantitative estimate of drug-likeness (QED) is 0.654. The maximum atomic E-state index is 10.5. The van der Waals surface area contributed by atoms with Crippen molar-refractivity contribution in [1.29, 1.82) is 0 Å². The van der Waals surface area contributed by atoms with E-state index in [1.54, 1.807) is 24.3 Å². The highest BCUT2D eigenvalue weighted by Gasteiger charge is 2.20. The Morgan fingerprint density at radius 3 is 2.10 bits per heavy atom. The molecule has 0 aliphatic heterocycles. The van der Waals surface area contributed by atoms with Gasteiger partial charge >= 0.3 is 5.97 Å². The average Bonchev–Trinajstić information content (AvgIpc) is 2.47. The molecule has 0 radical (unpaired) electrons. The smallest absolute Gasteiger partial charge is 0.306 e. The molecule has 2 unspecified atom stereocenters. The first kappa shape index (κ1) is 15.0. The van der Waals surface area contributed by atoms with Crippen LogP contribution in [0.1, 0.15) is 18.1 Å². The predicted molar refractivity (Wildman–Crippen MR) is 79.4 cm³/mol. The maximum Gasteiger partial charge on any atom is 0.306 e. The van der Waals surface area contributed by atoms with Crippen LogP contribution in [0.15, 0.2) is 54.6 Å². The van der Waals surface area contributed by atoms with Crippen LogP contribution < -0.4 is 5.32 Å². The highest BCUT2D eigenvalue weighted by Crippen LogP contribution is 2.22. The van der Waals surface area contributed by atoms with Gasteiger partial charge in [0.1, 0.15) is 6.10 Å². The van der Waals surface area contributed by atoms with Crippen LogP contribution in [0.2, 0.25) is 0 Å². The maximum absolute atomic E-state index is 10.5. The lowest BCUT2D eigenvalue weighted by Gasteiger charge is -2.17. The number of anilines is 2. The largest absolute Gasteiger partial charge is 0.481 e. The van der Waals surface area contributed by atoms with E-state index in [0.29, 0.717) is 5.56 Å². The van der Waals surface area contributed by atoms with Crippen LogP contribution in [0.25, 0.3) is 0 Å². The van der Waals surface area contributed by atoms with Gasteiger partial charge in [-0.05, 0) is 29.8 Å². The van der Waals surface area contributed by atoms with Gasteiger partial charge in [-0.3, -0.25) is 4.79 Å². The normalized spacial score (nSPS) is 13.4. The number of benzene rings is 2. The summed E-state index contributed by atoms with van der Waals surface area (Å²) >= 11 is 0. The fourth-order valence-corrected chi connectivity index (χ4v) is 1.96. The molecule has 2 rings (SSSR count). The number of aliphatic carboxylic acids is 1. The van der Waals surface area contributed by atoms with Gasteiger partial charge in [0, 0.05) is 11.4 Å². The number of rotatable bonds is 6. The van der Waals surface area contributed by atoms with Crippen molar-refractivity contribution in [3.05, 3.63) is 60.2 Å². The van der Waals surface area contributed by atoms with E-state index in [0.717, 1.165) is 11.4 Å². The third kappa shape index (κ3) is 4.30. The Hall–Kier alpha value is -2.37. The van der Waals surface area contributed by atoms with Gasteiger partial charge in [0.05, 0.1) is 12.5 Å². The van der Waals surface area contributed by atoms with Crippen LogP contribution in [0.5, 0.6) is 0 Å². The molecule has 5 nitrogen and oxygen atoms in total. The number of hydrogen-bond donors (Lipinski definition) is 4. The van der Waals surface area contributed by atoms with Crippen molar-refractivity contribution in [2.45, 2.75) is 18.6 Å². The van der Waals surface area contributed by atoms with Crippen molar-refractivity contribution in [2.75, 3.05) is 5.32 Å². The Morgan fingerprint density at radius 2 is 1.52 bits per heavy atom. The summed E-state index contributed by atoms with van der Waals surface area (Å²) in [5.74, 6) is -1.15. The number of hydrogen-bond acceptors (Lipinski definition) is 4. The topological polar surface area (TPSA) is 89.8 Å². The second kappa shape index (κ2) is 6.88. The third-order valence-corrected chi connectivity index (χ3v) is 3.06. The Balaban J connectivity index is 2.03. The number of aliphatic hydroxyl groups excluding tert-OH is 2. The molecular formula is C16H17NO4. The van der Waals surface area contributed by atoms with E-state index in [2.05, 4.69) is 5.32 Å². The molecule has 0 aliphatic carbocycles. The van der Waals surface area contributed by atoms with Crippen molar-refractivity contribution in [2.24, 2.45) is 0 Å². The first-order valence-corrected chi connectivity index (χ1v) is 6.56. The molecule has 2 aromatic rings. The minimum Gasteiger partial charge on any atom is -0.481 e. The zero-order chi connectivity index (χ0) is 15.2. The van der Waals surface area contributed by atoms with Crippen molar-refractivity contribution in [3.8, 4) is 0 Å². The highest BCUT2D eigenvalue weighted by atomic mass is 16.4. The number of aliphatic hydroxyl groups is 2. The molecule has 0 saturated heterocycles. The van der Waals surface area contributed by atoms with E-state index >= 15 is 0 Å². The third-order valence-electron chi connectivity index (χ3n) is 3.06. The second-order valence-corrected chi connectivity index (χ2v) is 4.72. The molecule has 21 heavy (non-hydrogen) atoms. The Morgan fingerprint density at radius 1 is 0.952 bits per heavy atom. The minimum atomic E-state index is -1.32. The van der Waals surface area contributed by atoms with Crippen LogP contribution in [0.4, 0.5) is 11.4 Å². The van der Waals surface area contributed by atoms with E-state index in [1.165, 1.54) is 0 Å². The zero-order valence-electron chi connectivity index (χ0n) is 11.3. The lowest BCUT2D eigenvalue weighted by Crippen LogP contribution is -2.21. The number of nitrogens with one attached hydrogen (secondary N) is 1. The van der Waals surface area contributed by atoms with E-state index in [4.69, 9.17) is 5.11 Å². The molecule has 5 heteroatoms. The molecule has 0 spiro atoms. The molecule has 0 bridgehead atoms. The van der Waals surface area contributed by atoms with Gasteiger partial charge in [-0.15, -0.1) is 0 Å². The number of carboxylic acid groups (broad SMARTS) is 1. The number of carboxylic acids is 1. The summed E-state index contributed by atoms with van der Waals surface area (Å²) in [5.41, 5.74) is 2.25. The summed E-state index contributed by atoms with van der Waals surface area (Å²) in [6, 6.07) is 16.5. The molecule has 2 atom stereocenters. The summed E-state index contributed by atoms with van der Waals surface area (Å²) in [4.78, 5) is 10.5. The summed E-state index contributed by atoms with van der Waals surface area (Å²) in [7, 11) is 0. The van der Waals surface area contributed by atoms with Crippen LogP contribution in [-0.4, -0.2) is 27.4 Å². The molecule has 4 N–H and O–H groups in total. The zero-order valence-corrected chi connectivity index (χ0v) is 11.3. The fraction of sp³-hybridized carbons (Fsp3) is 0.188. The Labute approximate surface area is 122 Å². The minimum absolute atomic E-state index is 0.474. The molecule has 0 saturated carbocycles. The second-order valence-electron chi connectivity index (χ2n) is 4.72. The van der Waals surface area contributed by atoms with E-state index in [-0.39, 0.29) is 0 Å². The fourth-order valence-electron chi connectivity index (χ4n) is 1.96. The van der Waals surface area contributed by atoms with Gasteiger partial charge in [0.25, 0.3) is 0 Å². The van der Waals surface area contributed by atoms with Gasteiger partial charge in [-0.1, -0.05) is 30.3 Å². The first-order valence-electron chi connectivity index (χ1n) is 6.56. The number of para-hydroxylation sites is 1. The van der Waals surface area contributed by atoms with Gasteiger partial charge in [0.15, 0.2) is 0 Å². The van der Waals surface area contributed by atoms with Gasteiger partial charge in [-0.2, -0.15) is 0 Å². The molecule has 0 aliphatic rings. The summed E-state index contributed by atoms with van der Waals surface area (Å²) in [5, 5.41) is 31.3. The van der Waals surface area contributed by atoms with E-state index < -0.39 is 24.6 Å². The lowest BCUT2D eigenvalue weighted by atomic mass is 10.0. The van der Waals surface area contributed by atoms with Crippen LogP contribution >= 0.6 is 0 Å². The lowest BCUT2D eigenvalue weighted by molar-refractivity contribution is -0.141. The van der Waals surface area contributed by atoms with Crippen LogP contribution in [0.3, 0.4) is 0 Å². The molecule has 2 aromatic carbocycles. The van der Waals surface area contributed by atoms with Gasteiger partial charge < -0.3 is 20.6 Å². The monoisotopic (exact) mass is 287 g/mol. The van der Waals surface area contributed by atoms with Crippen molar-refractivity contribution < 1.29 is 20.1 Å². The predicted octanol–water partition coefficient (Wildman–Crippen LogP) is 2.30. The first-order chi connectivity index (χ1) is 10.1. The van der Waals surface area contributed by atoms with Crippen LogP contribution in [-0.2, 0) is 4.79 Å². The summed E-state index contributed by atoms with van der Waals surface area (Å²) in [6.07, 6.45) is -3.03. The van der Waals surface area contributed by atoms with Crippen LogP contribution in [0, 0.1) is 0 Å². The molecule has 0 heterocycles. The van der Waals surface area contributed by atoms with Gasteiger partial charge in [-0.25, -0.2) is 0 Å². The Kier molecular flexibility index (Phi) is 4.92. The van der Waals surface area contributed by atoms with Gasteiger partial charge in [0.2, 0.25) is 0 Å². The average molecular weight is 287 g/mol. The van der Waals surface area contributed by atoms with Crippen molar-refractivity contribution in [3.63, 3.8) is 0 Å². The standard InChI is InChI=1S/C16H17NO4/c18-14(10-15(19)20)16(21)11-6-8-13(9-7-11)17-12-4-2-1-3-5-12/h1-9,14,16-18,21H,10H2,(H,19,20).